The summed E-state index contributed by atoms with van der Waals surface area (Å²) in [5.74, 6) is -9.83. The molecule has 2 N–H and O–H groups in total. The van der Waals surface area contributed by atoms with Crippen molar-refractivity contribution in [3.63, 3.8) is 0 Å². The summed E-state index contributed by atoms with van der Waals surface area (Å²) in [6.45, 7) is -1.09. The second-order valence-corrected chi connectivity index (χ2v) is 18.1. The van der Waals surface area contributed by atoms with Crippen molar-refractivity contribution in [3.05, 3.63) is 108 Å². The smallest absolute Gasteiger partial charge is 0.344 e. The minimum atomic E-state index is -4.80. The highest BCUT2D eigenvalue weighted by Gasteiger charge is 2.67. The lowest BCUT2D eigenvalue weighted by molar-refractivity contribution is -0.137. The summed E-state index contributed by atoms with van der Waals surface area (Å²) in [7, 11) is -2.61. The van der Waals surface area contributed by atoms with E-state index < -0.39 is 110 Å². The minimum Gasteiger partial charge on any atom is -0.344 e. The highest BCUT2D eigenvalue weighted by molar-refractivity contribution is 7.92. The molecule has 2 aromatic carbocycles. The third-order valence-electron chi connectivity index (χ3n) is 10.7. The van der Waals surface area contributed by atoms with Crippen LogP contribution in [0.25, 0.3) is 39.0 Å². The van der Waals surface area contributed by atoms with Crippen molar-refractivity contribution in [2.24, 2.45) is 13.0 Å². The zero-order valence-corrected chi connectivity index (χ0v) is 34.7. The molecule has 3 atom stereocenters. The van der Waals surface area contributed by atoms with Gasteiger partial charge in [0.25, 0.3) is 17.9 Å². The van der Waals surface area contributed by atoms with Gasteiger partial charge in [0.05, 0.1) is 45.0 Å². The number of benzene rings is 2. The van der Waals surface area contributed by atoms with E-state index in [0.29, 0.717) is 10.7 Å². The highest BCUT2D eigenvalue weighted by atomic mass is 35.5. The molecule has 64 heavy (non-hydrogen) atoms. The van der Waals surface area contributed by atoms with Gasteiger partial charge in [-0.2, -0.15) is 32.1 Å². The lowest BCUT2D eigenvalue weighted by atomic mass is 10.0. The number of aromatic nitrogens is 8. The summed E-state index contributed by atoms with van der Waals surface area (Å²) in [4.78, 5) is 41.5. The van der Waals surface area contributed by atoms with Gasteiger partial charge in [-0.1, -0.05) is 11.6 Å². The molecule has 0 unspecified atom stereocenters. The van der Waals surface area contributed by atoms with Gasteiger partial charge in [0.1, 0.15) is 41.1 Å². The number of nitrogens with zero attached hydrogens (tertiary/aromatic N) is 8. The Kier molecular flexibility index (Phi) is 10.1. The Morgan fingerprint density at radius 1 is 1.03 bits per heavy atom. The fraction of sp³-hybridized carbons (Fsp3) is 0.289. The highest BCUT2D eigenvalue weighted by Crippen LogP contribution is 2.68. The van der Waals surface area contributed by atoms with E-state index in [1.54, 1.807) is 0 Å². The van der Waals surface area contributed by atoms with Gasteiger partial charge in [-0.25, -0.2) is 40.9 Å². The number of sulfonamides is 1. The Morgan fingerprint density at radius 3 is 2.41 bits per heavy atom. The maximum atomic E-state index is 15.5. The zero-order chi connectivity index (χ0) is 45.9. The predicted octanol–water partition coefficient (Wildman–Crippen LogP) is 7.56. The molecule has 0 aliphatic heterocycles. The third kappa shape index (κ3) is 7.50. The van der Waals surface area contributed by atoms with Crippen molar-refractivity contribution in [1.29, 1.82) is 0 Å². The number of aryl methyl sites for hydroxylation is 1. The Balaban J connectivity index is 1.26. The van der Waals surface area contributed by atoms with Gasteiger partial charge in [-0.05, 0) is 54.3 Å². The zero-order valence-electron chi connectivity index (χ0n) is 32.4. The molecule has 334 valence electrons. The molecule has 0 bridgehead atoms. The topological polar surface area (TPSA) is 172 Å². The molecule has 1 fully saturated rings. The van der Waals surface area contributed by atoms with Crippen LogP contribution in [0, 0.1) is 17.6 Å². The number of anilines is 1. The molecule has 2 aliphatic rings. The molecule has 1 amide bonds. The Labute approximate surface area is 361 Å². The fourth-order valence-electron chi connectivity index (χ4n) is 8.12. The molecule has 7 aromatic rings. The van der Waals surface area contributed by atoms with E-state index in [9.17, 15) is 48.7 Å². The normalized spacial score (nSPS) is 17.3. The van der Waals surface area contributed by atoms with Crippen LogP contribution in [0.5, 0.6) is 0 Å². The summed E-state index contributed by atoms with van der Waals surface area (Å²) >= 11 is 6.84. The van der Waals surface area contributed by atoms with Crippen LogP contribution in [-0.2, 0) is 46.9 Å². The molecule has 5 heterocycles. The number of alkyl halides is 7. The number of pyridine rings is 1. The van der Waals surface area contributed by atoms with Crippen LogP contribution in [0.2, 0.25) is 5.02 Å². The maximum absolute atomic E-state index is 15.5. The van der Waals surface area contributed by atoms with Crippen LogP contribution in [-0.4, -0.2) is 59.7 Å². The largest absolute Gasteiger partial charge is 0.443 e. The van der Waals surface area contributed by atoms with Crippen molar-refractivity contribution < 1.29 is 52.7 Å². The van der Waals surface area contributed by atoms with Gasteiger partial charge in [-0.3, -0.25) is 28.2 Å². The van der Waals surface area contributed by atoms with E-state index in [-0.39, 0.29) is 73.1 Å². The lowest BCUT2D eigenvalue weighted by Gasteiger charge is -2.24. The average molecular weight is 957 g/mol. The number of hydrogen-bond acceptors (Lipinski definition) is 10. The van der Waals surface area contributed by atoms with Gasteiger partial charge in [0.2, 0.25) is 15.9 Å². The summed E-state index contributed by atoms with van der Waals surface area (Å²) in [6, 6.07) is 5.58. The monoisotopic (exact) mass is 956 g/mol. The van der Waals surface area contributed by atoms with E-state index in [4.69, 9.17) is 11.6 Å². The van der Waals surface area contributed by atoms with Gasteiger partial charge < -0.3 is 5.32 Å². The first-order chi connectivity index (χ1) is 30.0. The second kappa shape index (κ2) is 15.0. The molecule has 0 radical (unpaired) electrons. The Morgan fingerprint density at radius 2 is 1.75 bits per heavy atom. The van der Waals surface area contributed by atoms with Crippen molar-refractivity contribution in [1.82, 2.24) is 44.4 Å². The fourth-order valence-corrected chi connectivity index (χ4v) is 9.54. The Bertz CT molecular complexity index is 3260. The number of carbonyl (C=O) groups excluding carboxylic acids is 1. The summed E-state index contributed by atoms with van der Waals surface area (Å²) in [5.41, 5.74) is -4.26. The Hall–Kier alpha value is -6.08. The van der Waals surface area contributed by atoms with E-state index in [0.717, 1.165) is 33.0 Å². The van der Waals surface area contributed by atoms with E-state index >= 15 is 8.78 Å². The van der Waals surface area contributed by atoms with Crippen LogP contribution >= 0.6 is 22.9 Å². The maximum Gasteiger partial charge on any atom is 0.443 e. The van der Waals surface area contributed by atoms with Crippen molar-refractivity contribution in [2.75, 3.05) is 11.0 Å². The minimum absolute atomic E-state index is 0.0100. The van der Waals surface area contributed by atoms with Crippen LogP contribution < -0.4 is 15.6 Å². The molecular weight excluding hydrogens is 931 g/mol. The van der Waals surface area contributed by atoms with Crippen LogP contribution in [0.4, 0.5) is 45.3 Å². The molecule has 26 heteroatoms. The quantitative estimate of drug-likeness (QED) is 0.124. The average Bonchev–Trinajstić information content (AvgIpc) is 3.41. The summed E-state index contributed by atoms with van der Waals surface area (Å²) in [6.07, 6.45) is -7.89. The molecular formula is C38H26ClF9N10O4S2. The molecule has 5 aromatic heterocycles. The first-order valence-corrected chi connectivity index (χ1v) is 21.8. The van der Waals surface area contributed by atoms with Crippen molar-refractivity contribution >= 4 is 66.6 Å². The number of rotatable bonds is 11. The van der Waals surface area contributed by atoms with E-state index in [2.05, 4.69) is 35.2 Å². The van der Waals surface area contributed by atoms with Crippen LogP contribution in [0.15, 0.2) is 52.6 Å². The number of thiazole rings is 1. The molecule has 0 saturated heterocycles. The van der Waals surface area contributed by atoms with Crippen molar-refractivity contribution in [2.45, 2.75) is 49.9 Å². The van der Waals surface area contributed by atoms with E-state index in [1.165, 1.54) is 31.3 Å². The third-order valence-corrected chi connectivity index (χ3v) is 12.4. The van der Waals surface area contributed by atoms with Gasteiger partial charge in [-0.15, -0.1) is 11.3 Å². The standard InChI is InChI=1S/C38H26ClF9N10O4S2/c1-56-29-24(6-4-20(39)27(29)33(54-56)55-64(2,61)62)58-34(52-32-17(35(58)60)3-5-21(50-32)23-13-63-36(51-23)38(46,47)48)22(9-14-7-15(40)10-16(41)8-14)49-25(59)12-57-30-26(28(53-57)31(42)43)18-11-19(18)37(30,44)45/h3-8,10,13,18-19,22,31H,9,11-12H2,1-2H3,(H,49,59)(H,54,55)/t18-,19+,22-/m0/s1. The SMILES string of the molecule is Cn1nc(NS(C)(=O)=O)c2c(Cl)ccc(-n3c([C@H](Cc4cc(F)cc(F)c4)NC(=O)Cn4nc(C(F)F)c5c4C(F)(F)[C@@H]4C[C@H]54)nc4nc(-c5csc(C(F)(F)F)n5)ccc4c3=O)c21. The van der Waals surface area contributed by atoms with E-state index in [1.807, 2.05) is 0 Å². The predicted molar refractivity (Wildman–Crippen MR) is 212 cm³/mol. The molecule has 1 saturated carbocycles. The molecule has 14 nitrogen and oxygen atoms in total. The van der Waals surface area contributed by atoms with Gasteiger partial charge in [0.15, 0.2) is 16.5 Å². The number of carbonyl (C=O) groups is 1. The van der Waals surface area contributed by atoms with Gasteiger partial charge >= 0.3 is 6.18 Å². The number of fused-ring (bicyclic) bond motifs is 5. The first-order valence-electron chi connectivity index (χ1n) is 18.6. The number of nitrogens with one attached hydrogen (secondary N) is 2. The van der Waals surface area contributed by atoms with Gasteiger partial charge in [0, 0.05) is 36.4 Å². The number of hydrogen-bond donors (Lipinski definition) is 2. The summed E-state index contributed by atoms with van der Waals surface area (Å²) in [5, 5.41) is 9.94. The first kappa shape index (κ1) is 43.2. The van der Waals surface area contributed by atoms with Crippen molar-refractivity contribution in [3.8, 4) is 17.1 Å². The van der Waals surface area contributed by atoms with Crippen LogP contribution in [0.1, 0.15) is 58.2 Å². The van der Waals surface area contributed by atoms with Crippen LogP contribution in [0.3, 0.4) is 0 Å². The number of halogens is 10. The number of amides is 1. The molecule has 9 rings (SSSR count). The molecule has 0 spiro atoms. The second-order valence-electron chi connectivity index (χ2n) is 15.1. The molecule has 2 aliphatic carbocycles. The lowest BCUT2D eigenvalue weighted by Crippen LogP contribution is -2.38. The summed E-state index contributed by atoms with van der Waals surface area (Å²) < 4.78 is 159.